The monoisotopic (exact) mass is 314 g/mol. The average molecular weight is 315 g/mol. The van der Waals surface area contributed by atoms with E-state index in [2.05, 4.69) is 9.97 Å². The molecule has 2 N–H and O–H groups in total. The molecule has 0 saturated carbocycles. The minimum atomic E-state index is -1.06. The lowest BCUT2D eigenvalue weighted by Crippen LogP contribution is -1.97. The number of carboxylic acid groups (broad SMARTS) is 2. The van der Waals surface area contributed by atoms with Crippen LogP contribution >= 0.6 is 23.2 Å². The lowest BCUT2D eigenvalue weighted by atomic mass is 10.3. The Hall–Kier alpha value is -2.18. The zero-order valence-corrected chi connectivity index (χ0v) is 11.3. The van der Waals surface area contributed by atoms with Crippen molar-refractivity contribution in [3.63, 3.8) is 0 Å². The number of halogens is 2. The molecule has 2 heterocycles. The molecule has 2 aromatic heterocycles. The highest BCUT2D eigenvalue weighted by Gasteiger charge is 2.06. The third-order valence-corrected chi connectivity index (χ3v) is 2.66. The molecule has 104 valence electrons. The van der Waals surface area contributed by atoms with Crippen LogP contribution in [0.1, 0.15) is 20.7 Å². The average Bonchev–Trinajstić information content (AvgIpc) is 2.40. The molecule has 0 fully saturated rings. The Morgan fingerprint density at radius 3 is 1.40 bits per heavy atom. The molecule has 8 heteroatoms. The van der Waals surface area contributed by atoms with Gasteiger partial charge in [-0.2, -0.15) is 0 Å². The number of aromatic carboxylic acids is 2. The molecule has 0 bridgehead atoms. The van der Waals surface area contributed by atoms with Gasteiger partial charge in [0.15, 0.2) is 0 Å². The van der Waals surface area contributed by atoms with Gasteiger partial charge in [-0.05, 0) is 12.1 Å². The van der Waals surface area contributed by atoms with Gasteiger partial charge in [-0.15, -0.1) is 0 Å². The Kier molecular flexibility index (Phi) is 5.89. The molecule has 0 amide bonds. The topological polar surface area (TPSA) is 100 Å². The lowest BCUT2D eigenvalue weighted by Gasteiger charge is -1.93. The summed E-state index contributed by atoms with van der Waals surface area (Å²) in [7, 11) is 0. The maximum absolute atomic E-state index is 10.3. The molecule has 6 nitrogen and oxygen atoms in total. The summed E-state index contributed by atoms with van der Waals surface area (Å²) >= 11 is 11.0. The van der Waals surface area contributed by atoms with E-state index in [1.165, 1.54) is 36.9 Å². The van der Waals surface area contributed by atoms with Crippen LogP contribution < -0.4 is 0 Å². The smallest absolute Gasteiger partial charge is 0.338 e. The fourth-order valence-electron chi connectivity index (χ4n) is 1.07. The van der Waals surface area contributed by atoms with Crippen molar-refractivity contribution < 1.29 is 19.8 Å². The van der Waals surface area contributed by atoms with E-state index in [0.29, 0.717) is 0 Å². The lowest BCUT2D eigenvalue weighted by molar-refractivity contribution is 0.0685. The Labute approximate surface area is 123 Å². The number of nitrogens with zero attached hydrogens (tertiary/aromatic N) is 2. The summed E-state index contributed by atoms with van der Waals surface area (Å²) in [5.74, 6) is -2.11. The van der Waals surface area contributed by atoms with Gasteiger partial charge >= 0.3 is 11.9 Å². The number of aromatic nitrogens is 2. The van der Waals surface area contributed by atoms with Crippen molar-refractivity contribution in [2.45, 2.75) is 0 Å². The van der Waals surface area contributed by atoms with Crippen molar-refractivity contribution in [3.8, 4) is 0 Å². The van der Waals surface area contributed by atoms with Crippen LogP contribution in [0, 0.1) is 0 Å². The van der Waals surface area contributed by atoms with Crippen molar-refractivity contribution in [1.29, 1.82) is 0 Å². The fraction of sp³-hybridized carbons (Fsp3) is 0. The number of pyridine rings is 2. The number of rotatable bonds is 2. The summed E-state index contributed by atoms with van der Waals surface area (Å²) in [5.41, 5.74) is 0.0633. The van der Waals surface area contributed by atoms with Crippen LogP contribution in [0.3, 0.4) is 0 Å². The predicted molar refractivity (Wildman–Crippen MR) is 72.4 cm³/mol. The van der Waals surface area contributed by atoms with Crippen molar-refractivity contribution in [1.82, 2.24) is 9.97 Å². The SMILES string of the molecule is O=C(O)c1cnccc1Cl.O=C(O)c1cnccc1Cl. The van der Waals surface area contributed by atoms with Gasteiger partial charge in [0.25, 0.3) is 0 Å². The van der Waals surface area contributed by atoms with Gasteiger partial charge < -0.3 is 10.2 Å². The maximum atomic E-state index is 10.3. The van der Waals surface area contributed by atoms with Gasteiger partial charge in [0.05, 0.1) is 21.2 Å². The predicted octanol–water partition coefficient (Wildman–Crippen LogP) is 2.87. The van der Waals surface area contributed by atoms with Crippen molar-refractivity contribution >= 4 is 35.1 Å². The Morgan fingerprint density at radius 1 is 0.850 bits per heavy atom. The maximum Gasteiger partial charge on any atom is 0.338 e. The van der Waals surface area contributed by atoms with Gasteiger partial charge in [0, 0.05) is 24.8 Å². The largest absolute Gasteiger partial charge is 0.478 e. The molecule has 0 spiro atoms. The van der Waals surface area contributed by atoms with E-state index in [1.54, 1.807) is 0 Å². The Bertz CT molecular complexity index is 579. The van der Waals surface area contributed by atoms with Crippen LogP contribution in [0.2, 0.25) is 10.0 Å². The number of hydrogen-bond acceptors (Lipinski definition) is 4. The summed E-state index contributed by atoms with van der Waals surface area (Å²) < 4.78 is 0. The van der Waals surface area contributed by atoms with E-state index in [0.717, 1.165) is 0 Å². The zero-order valence-electron chi connectivity index (χ0n) is 9.83. The van der Waals surface area contributed by atoms with Crippen LogP contribution in [-0.4, -0.2) is 32.1 Å². The summed E-state index contributed by atoms with van der Waals surface area (Å²) in [6, 6.07) is 2.87. The van der Waals surface area contributed by atoms with Crippen LogP contribution in [0.15, 0.2) is 36.9 Å². The molecule has 20 heavy (non-hydrogen) atoms. The molecule has 0 saturated heterocycles. The minimum absolute atomic E-state index is 0.0316. The normalized spacial score (nSPS) is 9.30. The summed E-state index contributed by atoms with van der Waals surface area (Å²) in [4.78, 5) is 27.8. The van der Waals surface area contributed by atoms with Crippen LogP contribution in [0.4, 0.5) is 0 Å². The second kappa shape index (κ2) is 7.42. The Morgan fingerprint density at radius 2 is 1.20 bits per heavy atom. The van der Waals surface area contributed by atoms with Gasteiger partial charge in [-0.25, -0.2) is 9.59 Å². The van der Waals surface area contributed by atoms with E-state index < -0.39 is 11.9 Å². The van der Waals surface area contributed by atoms with Gasteiger partial charge in [-0.3, -0.25) is 9.97 Å². The molecule has 0 unspecified atom stereocenters. The Balaban J connectivity index is 0.000000200. The van der Waals surface area contributed by atoms with Gasteiger partial charge in [0.2, 0.25) is 0 Å². The first-order valence-corrected chi connectivity index (χ1v) is 5.84. The standard InChI is InChI=1S/2C6H4ClNO2/c2*7-5-1-2-8-3-4(5)6(9)10/h2*1-3H,(H,9,10). The molecule has 0 aromatic carbocycles. The van der Waals surface area contributed by atoms with E-state index in [1.807, 2.05) is 0 Å². The summed E-state index contributed by atoms with van der Waals surface area (Å²) in [6.45, 7) is 0. The molecule has 0 radical (unpaired) electrons. The van der Waals surface area contributed by atoms with Crippen LogP contribution in [0.5, 0.6) is 0 Å². The van der Waals surface area contributed by atoms with E-state index in [9.17, 15) is 9.59 Å². The summed E-state index contributed by atoms with van der Waals surface area (Å²) in [5, 5.41) is 17.3. The molecule has 0 aliphatic carbocycles. The van der Waals surface area contributed by atoms with E-state index >= 15 is 0 Å². The zero-order chi connectivity index (χ0) is 15.1. The van der Waals surface area contributed by atoms with Crippen molar-refractivity contribution in [2.75, 3.05) is 0 Å². The summed E-state index contributed by atoms with van der Waals surface area (Å²) in [6.07, 6.45) is 5.30. The molecule has 2 aromatic rings. The number of carboxylic acids is 2. The minimum Gasteiger partial charge on any atom is -0.478 e. The first-order valence-electron chi connectivity index (χ1n) is 5.09. The number of carbonyl (C=O) groups is 2. The fourth-order valence-corrected chi connectivity index (χ4v) is 1.44. The van der Waals surface area contributed by atoms with E-state index in [-0.39, 0.29) is 21.2 Å². The molecule has 0 aliphatic rings. The van der Waals surface area contributed by atoms with Gasteiger partial charge in [-0.1, -0.05) is 23.2 Å². The molecule has 2 rings (SSSR count). The molecule has 0 atom stereocenters. The molecular weight excluding hydrogens is 307 g/mol. The van der Waals surface area contributed by atoms with Crippen LogP contribution in [0.25, 0.3) is 0 Å². The molecular formula is C12H8Cl2N2O4. The first-order chi connectivity index (χ1) is 9.43. The van der Waals surface area contributed by atoms with E-state index in [4.69, 9.17) is 33.4 Å². The van der Waals surface area contributed by atoms with Crippen molar-refractivity contribution in [2.24, 2.45) is 0 Å². The van der Waals surface area contributed by atoms with Crippen LogP contribution in [-0.2, 0) is 0 Å². The third kappa shape index (κ3) is 4.49. The quantitative estimate of drug-likeness (QED) is 0.884. The second-order valence-electron chi connectivity index (χ2n) is 3.32. The first kappa shape index (κ1) is 15.9. The third-order valence-electron chi connectivity index (χ3n) is 2.00. The molecule has 0 aliphatic heterocycles. The highest BCUT2D eigenvalue weighted by atomic mass is 35.5. The van der Waals surface area contributed by atoms with Crippen molar-refractivity contribution in [3.05, 3.63) is 58.1 Å². The second-order valence-corrected chi connectivity index (χ2v) is 4.14. The number of hydrogen-bond donors (Lipinski definition) is 2. The highest BCUT2D eigenvalue weighted by molar-refractivity contribution is 6.33. The highest BCUT2D eigenvalue weighted by Crippen LogP contribution is 2.13. The van der Waals surface area contributed by atoms with Gasteiger partial charge in [0.1, 0.15) is 0 Å².